The van der Waals surface area contributed by atoms with Crippen LogP contribution in [0.3, 0.4) is 0 Å². The second kappa shape index (κ2) is 9.71. The van der Waals surface area contributed by atoms with E-state index in [-0.39, 0.29) is 16.7 Å². The number of nitrogens with zero attached hydrogens (tertiary/aromatic N) is 1. The molecule has 1 unspecified atom stereocenters. The Morgan fingerprint density at radius 2 is 1.71 bits per heavy atom. The number of ether oxygens (including phenoxy) is 1. The Hall–Kier alpha value is -3.36. The van der Waals surface area contributed by atoms with E-state index in [0.717, 1.165) is 16.7 Å². The first-order valence-corrected chi connectivity index (χ1v) is 12.9. The molecule has 3 aromatic carbocycles. The zero-order chi connectivity index (χ0) is 25.3. The van der Waals surface area contributed by atoms with Crippen LogP contribution >= 0.6 is 11.6 Å². The van der Waals surface area contributed by atoms with Gasteiger partial charge in [0.05, 0.1) is 12.0 Å². The molecule has 1 heterocycles. The van der Waals surface area contributed by atoms with Crippen molar-refractivity contribution in [3.05, 3.63) is 82.9 Å². The SMILES string of the molecule is COC(=O)C(C(C)C)N1Cc2cc(-c3ccc(NS(=O)(=O)c4cccc(Cl)c4)cc3)ccc2C1=O. The first-order valence-electron chi connectivity index (χ1n) is 11.0. The molecule has 9 heteroatoms. The van der Waals surface area contributed by atoms with Crippen molar-refractivity contribution in [3.63, 3.8) is 0 Å². The fraction of sp³-hybridized carbons (Fsp3) is 0.231. The van der Waals surface area contributed by atoms with E-state index in [1.165, 1.54) is 19.2 Å². The van der Waals surface area contributed by atoms with Crippen LogP contribution in [0.2, 0.25) is 5.02 Å². The number of hydrogen-bond donors (Lipinski definition) is 1. The van der Waals surface area contributed by atoms with E-state index in [1.54, 1.807) is 47.4 Å². The number of carbonyl (C=O) groups excluding carboxylic acids is 2. The van der Waals surface area contributed by atoms with Gasteiger partial charge in [0.25, 0.3) is 15.9 Å². The number of anilines is 1. The van der Waals surface area contributed by atoms with Gasteiger partial charge >= 0.3 is 5.97 Å². The Morgan fingerprint density at radius 1 is 1.03 bits per heavy atom. The molecule has 1 amide bonds. The zero-order valence-electron chi connectivity index (χ0n) is 19.5. The maximum atomic E-state index is 13.0. The molecule has 1 aliphatic rings. The Bertz CT molecular complexity index is 1390. The highest BCUT2D eigenvalue weighted by Crippen LogP contribution is 2.32. The maximum Gasteiger partial charge on any atom is 0.328 e. The summed E-state index contributed by atoms with van der Waals surface area (Å²) in [5.74, 6) is -0.720. The summed E-state index contributed by atoms with van der Waals surface area (Å²) in [5.41, 5.74) is 3.54. The van der Waals surface area contributed by atoms with Gasteiger partial charge in [-0.2, -0.15) is 0 Å². The summed E-state index contributed by atoms with van der Waals surface area (Å²) < 4.78 is 32.7. The molecule has 0 aromatic heterocycles. The molecule has 0 saturated heterocycles. The predicted octanol–water partition coefficient (Wildman–Crippen LogP) is 4.96. The van der Waals surface area contributed by atoms with Gasteiger partial charge < -0.3 is 9.64 Å². The predicted molar refractivity (Wildman–Crippen MR) is 135 cm³/mol. The van der Waals surface area contributed by atoms with Gasteiger partial charge in [0.1, 0.15) is 6.04 Å². The summed E-state index contributed by atoms with van der Waals surface area (Å²) in [6.07, 6.45) is 0. The Kier molecular flexibility index (Phi) is 6.87. The van der Waals surface area contributed by atoms with Gasteiger partial charge in [0.15, 0.2) is 0 Å². The number of methoxy groups -OCH3 is 1. The van der Waals surface area contributed by atoms with E-state index in [0.29, 0.717) is 22.8 Å². The Labute approximate surface area is 209 Å². The number of nitrogens with one attached hydrogen (secondary N) is 1. The molecule has 1 N–H and O–H groups in total. The van der Waals surface area contributed by atoms with E-state index in [9.17, 15) is 18.0 Å². The largest absolute Gasteiger partial charge is 0.467 e. The summed E-state index contributed by atoms with van der Waals surface area (Å²) in [7, 11) is -2.45. The molecule has 0 bridgehead atoms. The number of fused-ring (bicyclic) bond motifs is 1. The summed E-state index contributed by atoms with van der Waals surface area (Å²) in [5, 5.41) is 0.336. The molecule has 0 fully saturated rings. The number of carbonyl (C=O) groups is 2. The van der Waals surface area contributed by atoms with Crippen LogP contribution in [0.5, 0.6) is 0 Å². The first-order chi connectivity index (χ1) is 16.6. The topological polar surface area (TPSA) is 92.8 Å². The summed E-state index contributed by atoms with van der Waals surface area (Å²) in [6.45, 7) is 4.08. The van der Waals surface area contributed by atoms with Crippen LogP contribution in [0, 0.1) is 5.92 Å². The van der Waals surface area contributed by atoms with Crippen LogP contribution in [0.15, 0.2) is 71.6 Å². The van der Waals surface area contributed by atoms with Gasteiger partial charge in [-0.1, -0.05) is 49.7 Å². The van der Waals surface area contributed by atoms with E-state index >= 15 is 0 Å². The summed E-state index contributed by atoms with van der Waals surface area (Å²) in [6, 6.07) is 17.9. The van der Waals surface area contributed by atoms with Crippen LogP contribution in [0.25, 0.3) is 11.1 Å². The third-order valence-electron chi connectivity index (χ3n) is 5.92. The average molecular weight is 513 g/mol. The smallest absolute Gasteiger partial charge is 0.328 e. The van der Waals surface area contributed by atoms with Crippen molar-refractivity contribution in [2.45, 2.75) is 31.3 Å². The summed E-state index contributed by atoms with van der Waals surface area (Å²) in [4.78, 5) is 26.9. The van der Waals surface area contributed by atoms with Gasteiger partial charge in [-0.3, -0.25) is 9.52 Å². The number of halogens is 1. The standard InChI is InChI=1S/C26H25ClN2O5S/c1-16(2)24(26(31)34-3)29-15-19-13-18(9-12-23(19)25(29)30)17-7-10-21(11-8-17)28-35(32,33)22-6-4-5-20(27)14-22/h4-14,16,24,28H,15H2,1-3H3. The fourth-order valence-electron chi connectivity index (χ4n) is 4.21. The van der Waals surface area contributed by atoms with Crippen molar-refractivity contribution in [1.29, 1.82) is 0 Å². The van der Waals surface area contributed by atoms with Gasteiger partial charge in [0, 0.05) is 22.8 Å². The normalized spacial score (nSPS) is 14.1. The number of amides is 1. The second-order valence-corrected chi connectivity index (χ2v) is 10.8. The monoisotopic (exact) mass is 512 g/mol. The van der Waals surface area contributed by atoms with Crippen LogP contribution in [-0.2, 0) is 26.1 Å². The molecule has 35 heavy (non-hydrogen) atoms. The highest BCUT2D eigenvalue weighted by Gasteiger charge is 2.38. The van der Waals surface area contributed by atoms with Crippen LogP contribution in [0.1, 0.15) is 29.8 Å². The second-order valence-electron chi connectivity index (χ2n) is 8.66. The van der Waals surface area contributed by atoms with Crippen LogP contribution < -0.4 is 4.72 Å². The Balaban J connectivity index is 1.54. The first kappa shape index (κ1) is 24.8. The minimum absolute atomic E-state index is 0.0774. The molecule has 0 spiro atoms. The number of benzene rings is 3. The molecule has 3 aromatic rings. The highest BCUT2D eigenvalue weighted by molar-refractivity contribution is 7.92. The van der Waals surface area contributed by atoms with Crippen molar-refractivity contribution in [3.8, 4) is 11.1 Å². The quantitative estimate of drug-likeness (QED) is 0.451. The third-order valence-corrected chi connectivity index (χ3v) is 7.54. The van der Waals surface area contributed by atoms with Crippen LogP contribution in [0.4, 0.5) is 5.69 Å². The number of sulfonamides is 1. The lowest BCUT2D eigenvalue weighted by Gasteiger charge is -2.28. The number of rotatable bonds is 7. The van der Waals surface area contributed by atoms with Crippen molar-refractivity contribution in [2.75, 3.05) is 11.8 Å². The maximum absolute atomic E-state index is 13.0. The van der Waals surface area contributed by atoms with E-state index in [1.807, 2.05) is 26.0 Å². The fourth-order valence-corrected chi connectivity index (χ4v) is 5.57. The lowest BCUT2D eigenvalue weighted by molar-refractivity contribution is -0.147. The minimum Gasteiger partial charge on any atom is -0.467 e. The molecule has 182 valence electrons. The molecule has 4 rings (SSSR count). The van der Waals surface area contributed by atoms with Gasteiger partial charge in [-0.05, 0) is 65.1 Å². The van der Waals surface area contributed by atoms with Crippen molar-refractivity contribution in [1.82, 2.24) is 4.90 Å². The molecule has 1 atom stereocenters. The third kappa shape index (κ3) is 5.04. The lowest BCUT2D eigenvalue weighted by Crippen LogP contribution is -2.45. The summed E-state index contributed by atoms with van der Waals surface area (Å²) >= 11 is 5.92. The minimum atomic E-state index is -3.77. The van der Waals surface area contributed by atoms with Crippen molar-refractivity contribution >= 4 is 39.2 Å². The lowest BCUT2D eigenvalue weighted by atomic mass is 10.0. The van der Waals surface area contributed by atoms with Crippen molar-refractivity contribution in [2.24, 2.45) is 5.92 Å². The molecular weight excluding hydrogens is 488 g/mol. The molecule has 7 nitrogen and oxygen atoms in total. The van der Waals surface area contributed by atoms with Gasteiger partial charge in [-0.15, -0.1) is 0 Å². The molecule has 1 aliphatic heterocycles. The van der Waals surface area contributed by atoms with Crippen molar-refractivity contribution < 1.29 is 22.7 Å². The van der Waals surface area contributed by atoms with Gasteiger partial charge in [-0.25, -0.2) is 13.2 Å². The van der Waals surface area contributed by atoms with Gasteiger partial charge in [0.2, 0.25) is 0 Å². The molecular formula is C26H25ClN2O5S. The number of hydrogen-bond acceptors (Lipinski definition) is 5. The zero-order valence-corrected chi connectivity index (χ0v) is 21.1. The van der Waals surface area contributed by atoms with E-state index in [2.05, 4.69) is 4.72 Å². The molecule has 0 radical (unpaired) electrons. The molecule has 0 saturated carbocycles. The van der Waals surface area contributed by atoms with E-state index < -0.39 is 22.0 Å². The Morgan fingerprint density at radius 3 is 2.34 bits per heavy atom. The van der Waals surface area contributed by atoms with E-state index in [4.69, 9.17) is 16.3 Å². The molecule has 0 aliphatic carbocycles. The highest BCUT2D eigenvalue weighted by atomic mass is 35.5. The number of esters is 1. The average Bonchev–Trinajstić information content (AvgIpc) is 3.14. The van der Waals surface area contributed by atoms with Crippen LogP contribution in [-0.4, -0.2) is 38.3 Å².